The molecule has 0 spiro atoms. The van der Waals surface area contributed by atoms with E-state index in [9.17, 15) is 34.8 Å². The van der Waals surface area contributed by atoms with Crippen LogP contribution in [0.1, 0.15) is 35.6 Å². The highest BCUT2D eigenvalue weighted by atomic mass is 19.1. The molecule has 1 aromatic rings. The Balaban J connectivity index is 1.56. The Morgan fingerprint density at radius 2 is 1.92 bits per heavy atom. The molecule has 2 fully saturated rings. The highest BCUT2D eigenvalue weighted by Gasteiger charge is 2.64. The van der Waals surface area contributed by atoms with Gasteiger partial charge in [0.15, 0.2) is 11.4 Å². The van der Waals surface area contributed by atoms with Gasteiger partial charge in [-0.15, -0.1) is 0 Å². The molecule has 0 radical (unpaired) electrons. The number of ketones is 2. The Labute approximate surface area is 223 Å². The van der Waals surface area contributed by atoms with Crippen LogP contribution < -0.4 is 11.1 Å². The van der Waals surface area contributed by atoms with Gasteiger partial charge in [0, 0.05) is 35.2 Å². The number of phenols is 1. The fourth-order valence-corrected chi connectivity index (χ4v) is 7.74. The number of anilines is 1. The molecule has 208 valence electrons. The number of rotatable bonds is 2. The zero-order valence-electron chi connectivity index (χ0n) is 21.8. The van der Waals surface area contributed by atoms with Gasteiger partial charge in [0.2, 0.25) is 5.78 Å². The first kappa shape index (κ1) is 25.8. The first-order valence-corrected chi connectivity index (χ1v) is 13.0. The number of benzene rings is 1. The number of likely N-dealkylation sites (tertiary alicyclic amines) is 1. The van der Waals surface area contributed by atoms with Crippen molar-refractivity contribution in [3.8, 4) is 5.75 Å². The number of nitrogens with one attached hydrogen (secondary N) is 1. The van der Waals surface area contributed by atoms with E-state index in [0.29, 0.717) is 12.1 Å². The number of carbonyl (C=O) groups excluding carboxylic acids is 3. The van der Waals surface area contributed by atoms with E-state index >= 15 is 4.39 Å². The second-order valence-corrected chi connectivity index (χ2v) is 11.6. The lowest BCUT2D eigenvalue weighted by Gasteiger charge is -2.50. The fourth-order valence-electron chi connectivity index (χ4n) is 7.74. The molecule has 1 amide bonds. The van der Waals surface area contributed by atoms with E-state index in [0.717, 1.165) is 13.0 Å². The first-order valence-electron chi connectivity index (χ1n) is 13.0. The van der Waals surface area contributed by atoms with Gasteiger partial charge in [-0.2, -0.15) is 0 Å². The Morgan fingerprint density at radius 1 is 1.23 bits per heavy atom. The molecule has 1 saturated heterocycles. The lowest BCUT2D eigenvalue weighted by Crippen LogP contribution is -2.65. The van der Waals surface area contributed by atoms with Crippen molar-refractivity contribution in [2.24, 2.45) is 23.5 Å². The quantitative estimate of drug-likeness (QED) is 0.228. The van der Waals surface area contributed by atoms with Crippen LogP contribution in [0.4, 0.5) is 10.1 Å². The number of nitrogens with two attached hydrogens (primary N) is 1. The zero-order chi connectivity index (χ0) is 28.3. The number of Topliss-reactive ketones (excluding diaryl/α,β-unsaturated/α-hetero) is 2. The number of aliphatic hydroxyl groups excluding tert-OH is 2. The minimum absolute atomic E-state index is 0.0552. The number of halogens is 1. The van der Waals surface area contributed by atoms with Gasteiger partial charge >= 0.3 is 0 Å². The van der Waals surface area contributed by atoms with E-state index < -0.39 is 69.6 Å². The van der Waals surface area contributed by atoms with E-state index in [4.69, 9.17) is 5.73 Å². The molecule has 2 heterocycles. The third-order valence-electron chi connectivity index (χ3n) is 9.47. The summed E-state index contributed by atoms with van der Waals surface area (Å²) in [4.78, 5) is 42.7. The molecular weight excluding hydrogens is 511 g/mol. The van der Waals surface area contributed by atoms with E-state index in [-0.39, 0.29) is 47.2 Å². The fraction of sp³-hybridized carbons (Fsp3) is 0.519. The van der Waals surface area contributed by atoms with Gasteiger partial charge in [0.25, 0.3) is 5.91 Å². The van der Waals surface area contributed by atoms with Crippen molar-refractivity contribution in [2.75, 3.05) is 39.5 Å². The van der Waals surface area contributed by atoms with Crippen LogP contribution in [-0.4, -0.2) is 93.6 Å². The smallest absolute Gasteiger partial charge is 0.255 e. The lowest BCUT2D eigenvalue weighted by atomic mass is 9.57. The van der Waals surface area contributed by atoms with Crippen molar-refractivity contribution in [2.45, 2.75) is 36.9 Å². The normalized spacial score (nSPS) is 33.8. The first-order chi connectivity index (χ1) is 18.3. The number of hydrogen-bond donors (Lipinski definition) is 6. The van der Waals surface area contributed by atoms with E-state index in [2.05, 4.69) is 5.32 Å². The number of amides is 1. The van der Waals surface area contributed by atoms with Gasteiger partial charge in [0.05, 0.1) is 17.3 Å². The topological polar surface area (TPSA) is 177 Å². The SMILES string of the molecule is CN(C)[C@@H]1C(=O)C(C(N)=O)=C(O)[C@@]2(O)C(=O)C3=C(O)c4c(O)c5c(c(F)c4C[C@H]3C[C@@H]12)[C@@H]1[C@@H](CCN1C)CN5. The van der Waals surface area contributed by atoms with Gasteiger partial charge in [-0.1, -0.05) is 0 Å². The predicted molar refractivity (Wildman–Crippen MR) is 136 cm³/mol. The third kappa shape index (κ3) is 3.10. The molecule has 0 unspecified atom stereocenters. The number of nitrogens with zero attached hydrogens (tertiary/aromatic N) is 2. The molecule has 0 aromatic heterocycles. The minimum atomic E-state index is -2.73. The zero-order valence-corrected chi connectivity index (χ0v) is 21.8. The Kier molecular flexibility index (Phi) is 5.46. The molecule has 1 saturated carbocycles. The van der Waals surface area contributed by atoms with Gasteiger partial charge in [-0.05, 0) is 58.8 Å². The molecule has 39 heavy (non-hydrogen) atoms. The molecule has 0 bridgehead atoms. The average Bonchev–Trinajstić information content (AvgIpc) is 3.24. The molecule has 2 aliphatic heterocycles. The van der Waals surface area contributed by atoms with Gasteiger partial charge in [-0.25, -0.2) is 4.39 Å². The second kappa shape index (κ2) is 8.26. The molecule has 6 atom stereocenters. The van der Waals surface area contributed by atoms with Crippen molar-refractivity contribution in [3.63, 3.8) is 0 Å². The standard InChI is InChI=1S/C27H31FN4O7/c1-31(2)20-12-7-10-6-11-14(22(34)18-15(17(11)28)19-9(8-30-18)4-5-32(19)3)21(33)13(10)24(36)27(12,39)25(37)16(23(20)35)26(29)38/h9-10,12,19-20,30,33-34,37,39H,4-8H2,1-3H3,(H2,29,38)/t9-,10-,12-,19-,20-,27-/m0/s1. The second-order valence-electron chi connectivity index (χ2n) is 11.6. The summed E-state index contributed by atoms with van der Waals surface area (Å²) in [6.45, 7) is 1.27. The van der Waals surface area contributed by atoms with Crippen LogP contribution in [0.5, 0.6) is 5.75 Å². The van der Waals surface area contributed by atoms with Gasteiger partial charge in [0.1, 0.15) is 28.7 Å². The number of phenolic OH excluding ortho intramolecular Hbond substituents is 1. The van der Waals surface area contributed by atoms with E-state index in [1.165, 1.54) is 19.0 Å². The maximum Gasteiger partial charge on any atom is 0.255 e. The molecule has 6 rings (SSSR count). The maximum atomic E-state index is 16.3. The largest absolute Gasteiger partial charge is 0.508 e. The summed E-state index contributed by atoms with van der Waals surface area (Å²) in [5, 5.41) is 48.4. The third-order valence-corrected chi connectivity index (χ3v) is 9.47. The van der Waals surface area contributed by atoms with Crippen molar-refractivity contribution in [1.29, 1.82) is 0 Å². The van der Waals surface area contributed by atoms with Crippen molar-refractivity contribution in [1.82, 2.24) is 9.80 Å². The van der Waals surface area contributed by atoms with Crippen LogP contribution in [0.15, 0.2) is 16.9 Å². The molecule has 7 N–H and O–H groups in total. The highest BCUT2D eigenvalue weighted by Crippen LogP contribution is 2.56. The Bertz CT molecular complexity index is 1440. The van der Waals surface area contributed by atoms with Crippen LogP contribution in [0.25, 0.3) is 5.76 Å². The molecular formula is C27H31FN4O7. The van der Waals surface area contributed by atoms with Crippen LogP contribution in [0, 0.1) is 23.6 Å². The maximum absolute atomic E-state index is 16.3. The number of primary amides is 1. The van der Waals surface area contributed by atoms with E-state index in [1.54, 1.807) is 0 Å². The summed E-state index contributed by atoms with van der Waals surface area (Å²) < 4.78 is 16.3. The molecule has 12 heteroatoms. The summed E-state index contributed by atoms with van der Waals surface area (Å²) >= 11 is 0. The molecule has 5 aliphatic rings. The number of aromatic hydroxyl groups is 1. The Morgan fingerprint density at radius 3 is 2.56 bits per heavy atom. The van der Waals surface area contributed by atoms with Crippen LogP contribution in [0.2, 0.25) is 0 Å². The summed E-state index contributed by atoms with van der Waals surface area (Å²) in [7, 11) is 4.95. The Hall–Kier alpha value is -3.48. The lowest BCUT2D eigenvalue weighted by molar-refractivity contribution is -0.153. The number of carbonyl (C=O) groups is 3. The van der Waals surface area contributed by atoms with Gasteiger partial charge < -0.3 is 31.5 Å². The molecule has 3 aliphatic carbocycles. The predicted octanol–water partition coefficient (Wildman–Crippen LogP) is 0.521. The number of hydrogen-bond acceptors (Lipinski definition) is 10. The van der Waals surface area contributed by atoms with E-state index in [1.807, 2.05) is 11.9 Å². The van der Waals surface area contributed by atoms with Gasteiger partial charge in [-0.3, -0.25) is 24.2 Å². The number of aliphatic hydroxyl groups is 3. The summed E-state index contributed by atoms with van der Waals surface area (Å²) in [6.07, 6.45) is 0.692. The number of likely N-dealkylation sites (N-methyl/N-ethyl adjacent to an activating group) is 1. The van der Waals surface area contributed by atoms with Crippen molar-refractivity contribution in [3.05, 3.63) is 39.4 Å². The molecule has 1 aromatic carbocycles. The van der Waals surface area contributed by atoms with Crippen molar-refractivity contribution < 1.29 is 39.2 Å². The van der Waals surface area contributed by atoms with Crippen LogP contribution in [-0.2, 0) is 20.8 Å². The van der Waals surface area contributed by atoms with Crippen molar-refractivity contribution >= 4 is 28.9 Å². The van der Waals surface area contributed by atoms with Crippen LogP contribution in [0.3, 0.4) is 0 Å². The minimum Gasteiger partial charge on any atom is -0.508 e. The summed E-state index contributed by atoms with van der Waals surface area (Å²) in [5.74, 6) is -7.97. The average molecular weight is 543 g/mol. The molecule has 11 nitrogen and oxygen atoms in total. The summed E-state index contributed by atoms with van der Waals surface area (Å²) in [5.41, 5.74) is 1.72. The van der Waals surface area contributed by atoms with Crippen LogP contribution >= 0.6 is 0 Å². The highest BCUT2D eigenvalue weighted by molar-refractivity contribution is 6.24. The monoisotopic (exact) mass is 542 g/mol. The number of fused-ring (bicyclic) bond motifs is 6. The summed E-state index contributed by atoms with van der Waals surface area (Å²) in [6, 6.07) is -1.45.